The molecular formula is C19H27FN2O2. The first-order valence-corrected chi connectivity index (χ1v) is 8.50. The number of nitrogens with zero attached hydrogens (tertiary/aromatic N) is 2. The van der Waals surface area contributed by atoms with Crippen LogP contribution in [-0.4, -0.2) is 47.8 Å². The van der Waals surface area contributed by atoms with Gasteiger partial charge in [0.1, 0.15) is 5.82 Å². The van der Waals surface area contributed by atoms with Crippen LogP contribution in [-0.2, 0) is 4.79 Å². The van der Waals surface area contributed by atoms with E-state index in [1.807, 2.05) is 4.90 Å². The van der Waals surface area contributed by atoms with Gasteiger partial charge in [-0.3, -0.25) is 9.59 Å². The zero-order valence-electron chi connectivity index (χ0n) is 15.1. The van der Waals surface area contributed by atoms with E-state index in [9.17, 15) is 14.0 Å². The van der Waals surface area contributed by atoms with Gasteiger partial charge in [0.15, 0.2) is 0 Å². The van der Waals surface area contributed by atoms with Crippen molar-refractivity contribution in [3.63, 3.8) is 0 Å². The topological polar surface area (TPSA) is 40.6 Å². The van der Waals surface area contributed by atoms with Crippen LogP contribution in [0.15, 0.2) is 18.2 Å². The summed E-state index contributed by atoms with van der Waals surface area (Å²) in [4.78, 5) is 28.6. The lowest BCUT2D eigenvalue weighted by Crippen LogP contribution is -2.38. The van der Waals surface area contributed by atoms with E-state index in [1.54, 1.807) is 17.9 Å². The first-order valence-electron chi connectivity index (χ1n) is 8.50. The minimum Gasteiger partial charge on any atom is -0.341 e. The molecule has 2 rings (SSSR count). The quantitative estimate of drug-likeness (QED) is 0.833. The zero-order chi connectivity index (χ0) is 17.9. The fourth-order valence-electron chi connectivity index (χ4n) is 2.90. The van der Waals surface area contributed by atoms with E-state index in [0.717, 1.165) is 6.42 Å². The van der Waals surface area contributed by atoms with Crippen molar-refractivity contribution in [2.45, 2.75) is 40.5 Å². The second kappa shape index (κ2) is 7.32. The second-order valence-corrected chi connectivity index (χ2v) is 7.73. The molecule has 0 aromatic heterocycles. The van der Waals surface area contributed by atoms with Gasteiger partial charge in [-0.15, -0.1) is 0 Å². The van der Waals surface area contributed by atoms with Crippen LogP contribution in [0, 0.1) is 18.2 Å². The fourth-order valence-corrected chi connectivity index (χ4v) is 2.90. The molecule has 132 valence electrons. The lowest BCUT2D eigenvalue weighted by molar-refractivity contribution is -0.132. The summed E-state index contributed by atoms with van der Waals surface area (Å²) in [6, 6.07) is 4.45. The highest BCUT2D eigenvalue weighted by atomic mass is 19.1. The monoisotopic (exact) mass is 334 g/mol. The SMILES string of the molecule is Cc1cc(C(=O)N2CCCN(C(=O)CC(C)(C)C)CC2)ccc1F. The lowest BCUT2D eigenvalue weighted by Gasteiger charge is -2.25. The summed E-state index contributed by atoms with van der Waals surface area (Å²) >= 11 is 0. The average molecular weight is 334 g/mol. The summed E-state index contributed by atoms with van der Waals surface area (Å²) in [6.07, 6.45) is 1.28. The number of halogens is 1. The van der Waals surface area contributed by atoms with Gasteiger partial charge in [0.05, 0.1) is 0 Å². The molecule has 0 N–H and O–H groups in total. The molecule has 4 nitrogen and oxygen atoms in total. The van der Waals surface area contributed by atoms with Gasteiger partial charge in [-0.2, -0.15) is 0 Å². The Bertz CT molecular complexity index is 622. The second-order valence-electron chi connectivity index (χ2n) is 7.73. The number of carbonyl (C=O) groups is 2. The van der Waals surface area contributed by atoms with Crippen molar-refractivity contribution in [1.82, 2.24) is 9.80 Å². The van der Waals surface area contributed by atoms with Crippen molar-refractivity contribution < 1.29 is 14.0 Å². The molecule has 0 bridgehead atoms. The Kier molecular flexibility index (Phi) is 5.62. The molecule has 1 aliphatic rings. The normalized spacial score (nSPS) is 16.0. The van der Waals surface area contributed by atoms with Crippen LogP contribution in [0.4, 0.5) is 4.39 Å². The number of carbonyl (C=O) groups excluding carboxylic acids is 2. The van der Waals surface area contributed by atoms with Gasteiger partial charge in [-0.05, 0) is 42.5 Å². The summed E-state index contributed by atoms with van der Waals surface area (Å²) in [5.74, 6) is -0.251. The molecule has 1 saturated heterocycles. The number of benzene rings is 1. The summed E-state index contributed by atoms with van der Waals surface area (Å²) in [5.41, 5.74) is 0.936. The Hall–Kier alpha value is -1.91. The van der Waals surface area contributed by atoms with Gasteiger partial charge in [0, 0.05) is 38.2 Å². The molecule has 0 spiro atoms. The maximum Gasteiger partial charge on any atom is 0.253 e. The van der Waals surface area contributed by atoms with E-state index >= 15 is 0 Å². The molecule has 5 heteroatoms. The number of rotatable bonds is 2. The molecular weight excluding hydrogens is 307 g/mol. The van der Waals surface area contributed by atoms with E-state index in [1.165, 1.54) is 12.1 Å². The van der Waals surface area contributed by atoms with Gasteiger partial charge >= 0.3 is 0 Å². The van der Waals surface area contributed by atoms with E-state index in [0.29, 0.717) is 43.7 Å². The van der Waals surface area contributed by atoms with E-state index in [2.05, 4.69) is 20.8 Å². The highest BCUT2D eigenvalue weighted by Crippen LogP contribution is 2.21. The van der Waals surface area contributed by atoms with E-state index in [4.69, 9.17) is 0 Å². The highest BCUT2D eigenvalue weighted by molar-refractivity contribution is 5.94. The Morgan fingerprint density at radius 1 is 1.08 bits per heavy atom. The molecule has 1 fully saturated rings. The van der Waals surface area contributed by atoms with E-state index < -0.39 is 0 Å². The lowest BCUT2D eigenvalue weighted by atomic mass is 9.91. The van der Waals surface area contributed by atoms with E-state index in [-0.39, 0.29) is 23.0 Å². The smallest absolute Gasteiger partial charge is 0.253 e. The van der Waals surface area contributed by atoms with Crippen molar-refractivity contribution in [3.05, 3.63) is 35.1 Å². The summed E-state index contributed by atoms with van der Waals surface area (Å²) in [7, 11) is 0. The molecule has 0 unspecified atom stereocenters. The number of hydrogen-bond donors (Lipinski definition) is 0. The Balaban J connectivity index is 2.01. The minimum atomic E-state index is -0.304. The molecule has 0 aliphatic carbocycles. The highest BCUT2D eigenvalue weighted by Gasteiger charge is 2.25. The zero-order valence-corrected chi connectivity index (χ0v) is 15.1. The third-order valence-electron chi connectivity index (χ3n) is 4.22. The molecule has 0 radical (unpaired) electrons. The van der Waals surface area contributed by atoms with Crippen LogP contribution >= 0.6 is 0 Å². The largest absolute Gasteiger partial charge is 0.341 e. The molecule has 0 saturated carbocycles. The van der Waals surface area contributed by atoms with Crippen molar-refractivity contribution in [2.24, 2.45) is 5.41 Å². The minimum absolute atomic E-state index is 0.0372. The molecule has 1 aromatic carbocycles. The van der Waals surface area contributed by atoms with Gasteiger partial charge in [0.25, 0.3) is 5.91 Å². The van der Waals surface area contributed by atoms with Crippen molar-refractivity contribution >= 4 is 11.8 Å². The summed E-state index contributed by atoms with van der Waals surface area (Å²) in [6.45, 7) is 10.2. The maximum atomic E-state index is 13.4. The third kappa shape index (κ3) is 4.79. The van der Waals surface area contributed by atoms with Crippen LogP contribution in [0.5, 0.6) is 0 Å². The summed E-state index contributed by atoms with van der Waals surface area (Å²) in [5, 5.41) is 0. The molecule has 2 amide bonds. The number of amides is 2. The third-order valence-corrected chi connectivity index (χ3v) is 4.22. The standard InChI is InChI=1S/C19H27FN2O2/c1-14-12-15(6-7-16(14)20)18(24)22-9-5-8-21(10-11-22)17(23)13-19(2,3)4/h6-7,12H,5,8-11,13H2,1-4H3. The van der Waals surface area contributed by atoms with Crippen molar-refractivity contribution in [3.8, 4) is 0 Å². The van der Waals surface area contributed by atoms with Gasteiger partial charge < -0.3 is 9.80 Å². The Morgan fingerprint density at radius 3 is 2.33 bits per heavy atom. The van der Waals surface area contributed by atoms with Crippen LogP contribution in [0.2, 0.25) is 0 Å². The number of aryl methyl sites for hydroxylation is 1. The first kappa shape index (κ1) is 18.4. The fraction of sp³-hybridized carbons (Fsp3) is 0.579. The molecule has 1 aliphatic heterocycles. The Morgan fingerprint density at radius 2 is 1.71 bits per heavy atom. The molecule has 1 aromatic rings. The van der Waals surface area contributed by atoms with Crippen molar-refractivity contribution in [1.29, 1.82) is 0 Å². The predicted octanol–water partition coefficient (Wildman–Crippen LogP) is 3.24. The first-order chi connectivity index (χ1) is 11.2. The molecule has 24 heavy (non-hydrogen) atoms. The predicted molar refractivity (Wildman–Crippen MR) is 92.3 cm³/mol. The van der Waals surface area contributed by atoms with Gasteiger partial charge in [0.2, 0.25) is 5.91 Å². The van der Waals surface area contributed by atoms with Crippen LogP contribution < -0.4 is 0 Å². The van der Waals surface area contributed by atoms with Crippen LogP contribution in [0.3, 0.4) is 0 Å². The van der Waals surface area contributed by atoms with Gasteiger partial charge in [-0.25, -0.2) is 4.39 Å². The average Bonchev–Trinajstić information content (AvgIpc) is 2.73. The van der Waals surface area contributed by atoms with Crippen LogP contribution in [0.1, 0.15) is 49.5 Å². The van der Waals surface area contributed by atoms with Crippen LogP contribution in [0.25, 0.3) is 0 Å². The number of hydrogen-bond acceptors (Lipinski definition) is 2. The summed E-state index contributed by atoms with van der Waals surface area (Å²) < 4.78 is 13.4. The molecule has 1 heterocycles. The van der Waals surface area contributed by atoms with Crippen molar-refractivity contribution in [2.75, 3.05) is 26.2 Å². The maximum absolute atomic E-state index is 13.4. The Labute approximate surface area is 143 Å². The molecule has 0 atom stereocenters. The van der Waals surface area contributed by atoms with Gasteiger partial charge in [-0.1, -0.05) is 20.8 Å².